The SMILES string of the molecule is C=Cc1ccc(OC(=O)C(C)CC(C)CC)cc1. The molecule has 0 radical (unpaired) electrons. The van der Waals surface area contributed by atoms with Gasteiger partial charge in [0.25, 0.3) is 0 Å². The van der Waals surface area contributed by atoms with Gasteiger partial charge in [-0.3, -0.25) is 4.79 Å². The molecule has 0 spiro atoms. The van der Waals surface area contributed by atoms with E-state index in [-0.39, 0.29) is 11.9 Å². The van der Waals surface area contributed by atoms with Gasteiger partial charge in [-0.05, 0) is 30.0 Å². The standard InChI is InChI=1S/C16H22O2/c1-5-12(3)11-13(4)16(17)18-15-9-7-14(6-2)8-10-15/h6-10,12-13H,2,5,11H2,1,3-4H3. The fourth-order valence-electron chi connectivity index (χ4n) is 1.76. The van der Waals surface area contributed by atoms with E-state index in [1.54, 1.807) is 18.2 Å². The first-order chi connectivity index (χ1) is 8.56. The Bertz CT molecular complexity index is 392. The fraction of sp³-hybridized carbons (Fsp3) is 0.438. The second-order valence-corrected chi connectivity index (χ2v) is 4.84. The Hall–Kier alpha value is -1.57. The van der Waals surface area contributed by atoms with Crippen molar-refractivity contribution >= 4 is 12.0 Å². The lowest BCUT2D eigenvalue weighted by molar-refractivity contribution is -0.138. The molecule has 2 atom stereocenters. The van der Waals surface area contributed by atoms with E-state index in [0.717, 1.165) is 18.4 Å². The molecule has 2 heteroatoms. The van der Waals surface area contributed by atoms with Gasteiger partial charge in [-0.1, -0.05) is 52.0 Å². The number of hydrogen-bond donors (Lipinski definition) is 0. The van der Waals surface area contributed by atoms with Crippen LogP contribution in [0.15, 0.2) is 30.8 Å². The molecule has 0 amide bonds. The van der Waals surface area contributed by atoms with E-state index in [1.165, 1.54) is 0 Å². The van der Waals surface area contributed by atoms with Gasteiger partial charge in [-0.2, -0.15) is 0 Å². The van der Waals surface area contributed by atoms with Crippen LogP contribution in [0.25, 0.3) is 6.08 Å². The number of benzene rings is 1. The predicted molar refractivity (Wildman–Crippen MR) is 75.4 cm³/mol. The Kier molecular flexibility index (Phi) is 5.63. The van der Waals surface area contributed by atoms with E-state index in [1.807, 2.05) is 19.1 Å². The summed E-state index contributed by atoms with van der Waals surface area (Å²) in [6, 6.07) is 7.36. The zero-order valence-electron chi connectivity index (χ0n) is 11.5. The van der Waals surface area contributed by atoms with Crippen LogP contribution in [0.1, 0.15) is 39.2 Å². The normalized spacial score (nSPS) is 13.7. The molecule has 2 unspecified atom stereocenters. The summed E-state index contributed by atoms with van der Waals surface area (Å²) in [6.07, 6.45) is 3.73. The summed E-state index contributed by atoms with van der Waals surface area (Å²) in [4.78, 5) is 11.9. The van der Waals surface area contributed by atoms with Crippen molar-refractivity contribution in [2.75, 3.05) is 0 Å². The van der Waals surface area contributed by atoms with Crippen LogP contribution in [0.2, 0.25) is 0 Å². The molecule has 0 N–H and O–H groups in total. The van der Waals surface area contributed by atoms with Crippen molar-refractivity contribution in [2.45, 2.75) is 33.6 Å². The third-order valence-electron chi connectivity index (χ3n) is 3.19. The van der Waals surface area contributed by atoms with Crippen LogP contribution >= 0.6 is 0 Å². The van der Waals surface area contributed by atoms with E-state index in [4.69, 9.17) is 4.74 Å². The van der Waals surface area contributed by atoms with Crippen LogP contribution in [0.3, 0.4) is 0 Å². The second kappa shape index (κ2) is 7.00. The quantitative estimate of drug-likeness (QED) is 0.552. The Morgan fingerprint density at radius 3 is 2.44 bits per heavy atom. The lowest BCUT2D eigenvalue weighted by Crippen LogP contribution is -2.19. The zero-order valence-corrected chi connectivity index (χ0v) is 11.5. The molecule has 1 rings (SSSR count). The Balaban J connectivity index is 2.55. The average Bonchev–Trinajstić information content (AvgIpc) is 2.39. The monoisotopic (exact) mass is 246 g/mol. The molecular weight excluding hydrogens is 224 g/mol. The number of carbonyl (C=O) groups excluding carboxylic acids is 1. The molecule has 2 nitrogen and oxygen atoms in total. The molecule has 0 bridgehead atoms. The highest BCUT2D eigenvalue weighted by atomic mass is 16.5. The first kappa shape index (κ1) is 14.5. The van der Waals surface area contributed by atoms with Crippen molar-refractivity contribution < 1.29 is 9.53 Å². The van der Waals surface area contributed by atoms with E-state index in [2.05, 4.69) is 20.4 Å². The topological polar surface area (TPSA) is 26.3 Å². The highest BCUT2D eigenvalue weighted by molar-refractivity contribution is 5.74. The maximum atomic E-state index is 11.9. The van der Waals surface area contributed by atoms with Crippen molar-refractivity contribution in [2.24, 2.45) is 11.8 Å². The number of carbonyl (C=O) groups is 1. The van der Waals surface area contributed by atoms with Crippen molar-refractivity contribution in [3.05, 3.63) is 36.4 Å². The minimum Gasteiger partial charge on any atom is -0.426 e. The minimum absolute atomic E-state index is 0.0565. The van der Waals surface area contributed by atoms with E-state index in [9.17, 15) is 4.79 Å². The molecule has 0 aliphatic rings. The lowest BCUT2D eigenvalue weighted by Gasteiger charge is -2.14. The van der Waals surface area contributed by atoms with E-state index in [0.29, 0.717) is 11.7 Å². The third kappa shape index (κ3) is 4.36. The largest absolute Gasteiger partial charge is 0.426 e. The predicted octanol–water partition coefficient (Wildman–Crippen LogP) is 4.31. The van der Waals surface area contributed by atoms with Crippen molar-refractivity contribution in [1.29, 1.82) is 0 Å². The molecule has 0 fully saturated rings. The van der Waals surface area contributed by atoms with Gasteiger partial charge < -0.3 is 4.74 Å². The van der Waals surface area contributed by atoms with E-state index < -0.39 is 0 Å². The first-order valence-corrected chi connectivity index (χ1v) is 6.51. The Morgan fingerprint density at radius 1 is 1.33 bits per heavy atom. The van der Waals surface area contributed by atoms with Gasteiger partial charge in [0.2, 0.25) is 0 Å². The van der Waals surface area contributed by atoms with Gasteiger partial charge in [-0.15, -0.1) is 0 Å². The lowest BCUT2D eigenvalue weighted by atomic mass is 9.95. The molecule has 98 valence electrons. The van der Waals surface area contributed by atoms with Crippen LogP contribution in [0.4, 0.5) is 0 Å². The Labute approximate surface area is 110 Å². The average molecular weight is 246 g/mol. The summed E-state index contributed by atoms with van der Waals surface area (Å²) >= 11 is 0. The highest BCUT2D eigenvalue weighted by Gasteiger charge is 2.17. The molecular formula is C16H22O2. The summed E-state index contributed by atoms with van der Waals surface area (Å²) in [5.74, 6) is 0.943. The Morgan fingerprint density at radius 2 is 1.94 bits per heavy atom. The number of esters is 1. The summed E-state index contributed by atoms with van der Waals surface area (Å²) in [7, 11) is 0. The molecule has 0 saturated heterocycles. The number of rotatable bonds is 6. The van der Waals surface area contributed by atoms with Gasteiger partial charge in [-0.25, -0.2) is 0 Å². The zero-order chi connectivity index (χ0) is 13.5. The van der Waals surface area contributed by atoms with Crippen LogP contribution in [0, 0.1) is 11.8 Å². The molecule has 0 aliphatic heterocycles. The number of hydrogen-bond acceptors (Lipinski definition) is 2. The third-order valence-corrected chi connectivity index (χ3v) is 3.19. The number of ether oxygens (including phenoxy) is 1. The van der Waals surface area contributed by atoms with Crippen molar-refractivity contribution in [3.63, 3.8) is 0 Å². The minimum atomic E-state index is -0.151. The molecule has 0 aromatic heterocycles. The van der Waals surface area contributed by atoms with Gasteiger partial charge in [0.15, 0.2) is 0 Å². The van der Waals surface area contributed by atoms with Crippen molar-refractivity contribution in [1.82, 2.24) is 0 Å². The molecule has 0 heterocycles. The molecule has 1 aromatic rings. The molecule has 0 saturated carbocycles. The van der Waals surface area contributed by atoms with Crippen molar-refractivity contribution in [3.8, 4) is 5.75 Å². The maximum Gasteiger partial charge on any atom is 0.314 e. The molecule has 0 aliphatic carbocycles. The highest BCUT2D eigenvalue weighted by Crippen LogP contribution is 2.19. The van der Waals surface area contributed by atoms with Crippen LogP contribution in [0.5, 0.6) is 5.75 Å². The summed E-state index contributed by atoms with van der Waals surface area (Å²) in [5.41, 5.74) is 1.02. The maximum absolute atomic E-state index is 11.9. The summed E-state index contributed by atoms with van der Waals surface area (Å²) in [5, 5.41) is 0. The van der Waals surface area contributed by atoms with Crippen LogP contribution in [-0.4, -0.2) is 5.97 Å². The summed E-state index contributed by atoms with van der Waals surface area (Å²) < 4.78 is 5.35. The smallest absolute Gasteiger partial charge is 0.314 e. The van der Waals surface area contributed by atoms with Gasteiger partial charge in [0.1, 0.15) is 5.75 Å². The van der Waals surface area contributed by atoms with E-state index >= 15 is 0 Å². The van der Waals surface area contributed by atoms with Gasteiger partial charge in [0, 0.05) is 0 Å². The summed E-state index contributed by atoms with van der Waals surface area (Å²) in [6.45, 7) is 9.90. The van der Waals surface area contributed by atoms with Crippen LogP contribution < -0.4 is 4.74 Å². The molecule has 1 aromatic carbocycles. The second-order valence-electron chi connectivity index (χ2n) is 4.84. The van der Waals surface area contributed by atoms with Crippen LogP contribution in [-0.2, 0) is 4.79 Å². The van der Waals surface area contributed by atoms with Gasteiger partial charge >= 0.3 is 5.97 Å². The first-order valence-electron chi connectivity index (χ1n) is 6.51. The van der Waals surface area contributed by atoms with Gasteiger partial charge in [0.05, 0.1) is 5.92 Å². The fourth-order valence-corrected chi connectivity index (χ4v) is 1.76. The molecule has 18 heavy (non-hydrogen) atoms.